The van der Waals surface area contributed by atoms with Gasteiger partial charge in [0.25, 0.3) is 0 Å². The zero-order valence-corrected chi connectivity index (χ0v) is 8.21. The number of rotatable bonds is 0. The van der Waals surface area contributed by atoms with E-state index < -0.39 is 0 Å². The van der Waals surface area contributed by atoms with Gasteiger partial charge in [0, 0.05) is 5.02 Å². The summed E-state index contributed by atoms with van der Waals surface area (Å²) < 4.78 is 5.49. The summed E-state index contributed by atoms with van der Waals surface area (Å²) in [5.74, 6) is 0. The molecule has 1 heterocycles. The highest BCUT2D eigenvalue weighted by Gasteiger charge is 2.25. The zero-order valence-electron chi connectivity index (χ0n) is 7.46. The Kier molecular flexibility index (Phi) is 2.28. The minimum absolute atomic E-state index is 0.0485. The smallest absolute Gasteiger partial charge is 0.0744 e. The van der Waals surface area contributed by atoms with Crippen molar-refractivity contribution >= 4 is 11.6 Å². The predicted octanol–water partition coefficient (Wildman–Crippen LogP) is 2.26. The maximum atomic E-state index is 6.07. The van der Waals surface area contributed by atoms with Crippen molar-refractivity contribution in [1.82, 2.24) is 0 Å². The van der Waals surface area contributed by atoms with Crippen LogP contribution in [0.25, 0.3) is 0 Å². The van der Waals surface area contributed by atoms with Crippen LogP contribution in [0.2, 0.25) is 5.02 Å². The van der Waals surface area contributed by atoms with Gasteiger partial charge in [0.1, 0.15) is 0 Å². The standard InChI is InChI=1S/C10H12ClNO/c1-6-10(12)9-7(5-13-6)3-2-4-8(9)11/h2-4,6,10H,5,12H2,1H3/t6-,10+/m0/s1. The van der Waals surface area contributed by atoms with Crippen molar-refractivity contribution in [3.63, 3.8) is 0 Å². The van der Waals surface area contributed by atoms with Gasteiger partial charge < -0.3 is 10.5 Å². The summed E-state index contributed by atoms with van der Waals surface area (Å²) in [6.45, 7) is 2.59. The van der Waals surface area contributed by atoms with Crippen molar-refractivity contribution in [1.29, 1.82) is 0 Å². The molecule has 0 saturated carbocycles. The second kappa shape index (κ2) is 3.29. The van der Waals surface area contributed by atoms with Gasteiger partial charge in [-0.05, 0) is 24.1 Å². The van der Waals surface area contributed by atoms with Crippen LogP contribution < -0.4 is 5.73 Å². The minimum atomic E-state index is -0.0996. The molecule has 1 aliphatic rings. The molecule has 2 atom stereocenters. The fourth-order valence-corrected chi connectivity index (χ4v) is 1.96. The number of fused-ring (bicyclic) bond motifs is 1. The fourth-order valence-electron chi connectivity index (χ4n) is 1.64. The summed E-state index contributed by atoms with van der Waals surface area (Å²) in [7, 11) is 0. The molecule has 70 valence electrons. The van der Waals surface area contributed by atoms with Crippen molar-refractivity contribution < 1.29 is 4.74 Å². The Labute approximate surface area is 82.6 Å². The average Bonchev–Trinajstić information content (AvgIpc) is 2.12. The average molecular weight is 198 g/mol. The van der Waals surface area contributed by atoms with Crippen LogP contribution in [-0.2, 0) is 11.3 Å². The van der Waals surface area contributed by atoms with Crippen LogP contribution in [0.4, 0.5) is 0 Å². The van der Waals surface area contributed by atoms with E-state index in [4.69, 9.17) is 22.1 Å². The lowest BCUT2D eigenvalue weighted by Gasteiger charge is -2.29. The van der Waals surface area contributed by atoms with Crippen LogP contribution in [0, 0.1) is 0 Å². The van der Waals surface area contributed by atoms with Crippen molar-refractivity contribution in [3.8, 4) is 0 Å². The first-order valence-corrected chi connectivity index (χ1v) is 4.72. The SMILES string of the molecule is C[C@@H]1OCc2cccc(Cl)c2[C@@H]1N. The monoisotopic (exact) mass is 197 g/mol. The second-order valence-corrected chi connectivity index (χ2v) is 3.76. The summed E-state index contributed by atoms with van der Waals surface area (Å²) in [6.07, 6.45) is 0.0485. The van der Waals surface area contributed by atoms with Crippen molar-refractivity contribution in [2.75, 3.05) is 0 Å². The van der Waals surface area contributed by atoms with Crippen LogP contribution in [0.3, 0.4) is 0 Å². The summed E-state index contributed by atoms with van der Waals surface area (Å²) in [5, 5.41) is 0.750. The number of nitrogens with two attached hydrogens (primary N) is 1. The Morgan fingerprint density at radius 3 is 3.08 bits per heavy atom. The van der Waals surface area contributed by atoms with E-state index >= 15 is 0 Å². The molecule has 0 bridgehead atoms. The van der Waals surface area contributed by atoms with Crippen LogP contribution in [0.1, 0.15) is 24.1 Å². The first-order valence-electron chi connectivity index (χ1n) is 4.34. The number of ether oxygens (including phenoxy) is 1. The van der Waals surface area contributed by atoms with Gasteiger partial charge in [-0.25, -0.2) is 0 Å². The molecule has 0 saturated heterocycles. The van der Waals surface area contributed by atoms with E-state index in [0.717, 1.165) is 16.1 Å². The number of benzene rings is 1. The molecule has 0 spiro atoms. The molecule has 1 aromatic rings. The topological polar surface area (TPSA) is 35.2 Å². The van der Waals surface area contributed by atoms with Crippen molar-refractivity contribution in [2.24, 2.45) is 5.73 Å². The molecule has 0 amide bonds. The van der Waals surface area contributed by atoms with E-state index in [0.29, 0.717) is 6.61 Å². The Balaban J connectivity index is 2.51. The quantitative estimate of drug-likeness (QED) is 0.693. The van der Waals surface area contributed by atoms with Crippen LogP contribution in [-0.4, -0.2) is 6.10 Å². The lowest BCUT2D eigenvalue weighted by atomic mass is 9.95. The Bertz CT molecular complexity index is 327. The van der Waals surface area contributed by atoms with E-state index in [1.54, 1.807) is 0 Å². The first-order chi connectivity index (χ1) is 6.20. The molecule has 0 radical (unpaired) electrons. The van der Waals surface area contributed by atoms with Crippen molar-refractivity contribution in [2.45, 2.75) is 25.7 Å². The van der Waals surface area contributed by atoms with Gasteiger partial charge in [-0.1, -0.05) is 23.7 Å². The molecule has 1 aliphatic heterocycles. The van der Waals surface area contributed by atoms with Crippen LogP contribution in [0.15, 0.2) is 18.2 Å². The summed E-state index contributed by atoms with van der Waals surface area (Å²) in [4.78, 5) is 0. The van der Waals surface area contributed by atoms with Gasteiger partial charge in [0.05, 0.1) is 18.8 Å². The maximum absolute atomic E-state index is 6.07. The third-order valence-electron chi connectivity index (χ3n) is 2.48. The van der Waals surface area contributed by atoms with Gasteiger partial charge in [-0.15, -0.1) is 0 Å². The summed E-state index contributed by atoms with van der Waals surface area (Å²) in [6, 6.07) is 5.70. The van der Waals surface area contributed by atoms with Crippen molar-refractivity contribution in [3.05, 3.63) is 34.3 Å². The summed E-state index contributed by atoms with van der Waals surface area (Å²) >= 11 is 6.07. The van der Waals surface area contributed by atoms with E-state index in [1.165, 1.54) is 0 Å². The van der Waals surface area contributed by atoms with E-state index in [-0.39, 0.29) is 12.1 Å². The molecular formula is C10H12ClNO. The predicted molar refractivity (Wildman–Crippen MR) is 52.6 cm³/mol. The molecule has 2 nitrogen and oxygen atoms in total. The third kappa shape index (κ3) is 1.46. The largest absolute Gasteiger partial charge is 0.372 e. The first kappa shape index (κ1) is 9.00. The molecule has 3 heteroatoms. The van der Waals surface area contributed by atoms with E-state index in [9.17, 15) is 0 Å². The molecule has 0 fully saturated rings. The van der Waals surface area contributed by atoms with Crippen LogP contribution >= 0.6 is 11.6 Å². The molecule has 0 unspecified atom stereocenters. The third-order valence-corrected chi connectivity index (χ3v) is 2.81. The molecule has 1 aromatic carbocycles. The van der Waals surface area contributed by atoms with Gasteiger partial charge in [-0.3, -0.25) is 0 Å². The van der Waals surface area contributed by atoms with Gasteiger partial charge in [0.2, 0.25) is 0 Å². The van der Waals surface area contributed by atoms with Crippen LogP contribution in [0.5, 0.6) is 0 Å². The normalized spacial score (nSPS) is 27.0. The molecule has 0 aliphatic carbocycles. The highest BCUT2D eigenvalue weighted by Crippen LogP contribution is 2.32. The second-order valence-electron chi connectivity index (χ2n) is 3.35. The Hall–Kier alpha value is -0.570. The molecule has 2 rings (SSSR count). The Morgan fingerprint density at radius 1 is 1.54 bits per heavy atom. The Morgan fingerprint density at radius 2 is 2.31 bits per heavy atom. The minimum Gasteiger partial charge on any atom is -0.372 e. The summed E-state index contributed by atoms with van der Waals surface area (Å²) in [5.41, 5.74) is 8.13. The molecule has 0 aromatic heterocycles. The highest BCUT2D eigenvalue weighted by atomic mass is 35.5. The van der Waals surface area contributed by atoms with E-state index in [2.05, 4.69) is 0 Å². The zero-order chi connectivity index (χ0) is 9.42. The molecule has 2 N–H and O–H groups in total. The molecule has 13 heavy (non-hydrogen) atoms. The molecular weight excluding hydrogens is 186 g/mol. The highest BCUT2D eigenvalue weighted by molar-refractivity contribution is 6.31. The number of hydrogen-bond acceptors (Lipinski definition) is 2. The maximum Gasteiger partial charge on any atom is 0.0744 e. The van der Waals surface area contributed by atoms with Gasteiger partial charge in [0.15, 0.2) is 0 Å². The number of halogens is 1. The lowest BCUT2D eigenvalue weighted by Crippen LogP contribution is -2.31. The van der Waals surface area contributed by atoms with Gasteiger partial charge in [-0.2, -0.15) is 0 Å². The fraction of sp³-hybridized carbons (Fsp3) is 0.400. The lowest BCUT2D eigenvalue weighted by molar-refractivity contribution is 0.0214. The number of hydrogen-bond donors (Lipinski definition) is 1. The van der Waals surface area contributed by atoms with E-state index in [1.807, 2.05) is 25.1 Å². The van der Waals surface area contributed by atoms with Gasteiger partial charge >= 0.3 is 0 Å².